The highest BCUT2D eigenvalue weighted by Gasteiger charge is 2.15. The van der Waals surface area contributed by atoms with E-state index in [1.807, 2.05) is 24.3 Å². The lowest BCUT2D eigenvalue weighted by molar-refractivity contribution is -0.921. The van der Waals surface area contributed by atoms with Crippen molar-refractivity contribution in [1.29, 1.82) is 0 Å². The molecule has 0 saturated carbocycles. The van der Waals surface area contributed by atoms with Crippen LogP contribution in [0.5, 0.6) is 0 Å². The Bertz CT molecular complexity index is 702. The summed E-state index contributed by atoms with van der Waals surface area (Å²) in [5.41, 5.74) is 3.57. The van der Waals surface area contributed by atoms with Gasteiger partial charge in [0.05, 0.1) is 13.2 Å². The summed E-state index contributed by atoms with van der Waals surface area (Å²) in [4.78, 5) is 1.57. The van der Waals surface area contributed by atoms with E-state index < -0.39 is 0 Å². The molecule has 0 bridgehead atoms. The van der Waals surface area contributed by atoms with E-state index >= 15 is 0 Å². The van der Waals surface area contributed by atoms with Gasteiger partial charge in [0.15, 0.2) is 5.11 Å². The van der Waals surface area contributed by atoms with E-state index in [0.29, 0.717) is 16.7 Å². The quantitative estimate of drug-likeness (QED) is 0.700. The maximum absolute atomic E-state index is 5.90. The fourth-order valence-corrected chi connectivity index (χ4v) is 3.21. The number of hydrogen-bond acceptors (Lipinski definition) is 2. The van der Waals surface area contributed by atoms with Crippen LogP contribution >= 0.6 is 23.8 Å². The second-order valence-corrected chi connectivity index (χ2v) is 6.97. The molecular weight excluding hydrogens is 354 g/mol. The lowest BCUT2D eigenvalue weighted by Crippen LogP contribution is -3.12. The average molecular weight is 377 g/mol. The van der Waals surface area contributed by atoms with Crippen molar-refractivity contribution >= 4 is 34.6 Å². The Morgan fingerprint density at radius 1 is 1.04 bits per heavy atom. The van der Waals surface area contributed by atoms with Crippen LogP contribution in [0.3, 0.4) is 0 Å². The molecule has 1 aliphatic heterocycles. The Kier molecular flexibility index (Phi) is 6.64. The van der Waals surface area contributed by atoms with E-state index in [1.165, 1.54) is 11.1 Å². The molecule has 0 atom stereocenters. The van der Waals surface area contributed by atoms with Gasteiger partial charge in [-0.25, -0.2) is 0 Å². The van der Waals surface area contributed by atoms with Gasteiger partial charge in [0.2, 0.25) is 0 Å². The molecular formula is C19H23ClN3OS+. The Balaban J connectivity index is 1.55. The fraction of sp³-hybridized carbons (Fsp3) is 0.316. The Morgan fingerprint density at radius 3 is 2.44 bits per heavy atom. The summed E-state index contributed by atoms with van der Waals surface area (Å²) in [6.45, 7) is 5.57. The predicted molar refractivity (Wildman–Crippen MR) is 106 cm³/mol. The summed E-state index contributed by atoms with van der Waals surface area (Å²) in [5.74, 6) is 0. The highest BCUT2D eigenvalue weighted by molar-refractivity contribution is 7.80. The summed E-state index contributed by atoms with van der Waals surface area (Å²) in [6.07, 6.45) is 0. The normalized spacial score (nSPS) is 14.9. The van der Waals surface area contributed by atoms with E-state index in [1.54, 1.807) is 4.90 Å². The summed E-state index contributed by atoms with van der Waals surface area (Å²) in [7, 11) is 0. The van der Waals surface area contributed by atoms with Crippen LogP contribution in [0.4, 0.5) is 5.69 Å². The summed E-state index contributed by atoms with van der Waals surface area (Å²) in [5, 5.41) is 7.79. The Hall–Kier alpha value is -1.66. The van der Waals surface area contributed by atoms with Gasteiger partial charge in [-0.2, -0.15) is 0 Å². The van der Waals surface area contributed by atoms with Crippen LogP contribution in [0, 0.1) is 0 Å². The minimum atomic E-state index is 0.607. The van der Waals surface area contributed by atoms with Crippen molar-refractivity contribution in [2.45, 2.75) is 13.1 Å². The third-order valence-electron chi connectivity index (χ3n) is 4.30. The molecule has 6 heteroatoms. The predicted octanol–water partition coefficient (Wildman–Crippen LogP) is 2.24. The van der Waals surface area contributed by atoms with E-state index in [-0.39, 0.29) is 0 Å². The van der Waals surface area contributed by atoms with E-state index in [9.17, 15) is 0 Å². The number of quaternary nitrogens is 1. The van der Waals surface area contributed by atoms with Crippen molar-refractivity contribution in [1.82, 2.24) is 5.32 Å². The van der Waals surface area contributed by atoms with Gasteiger partial charge in [-0.3, -0.25) is 0 Å². The summed E-state index contributed by atoms with van der Waals surface area (Å²) in [6, 6.07) is 16.0. The summed E-state index contributed by atoms with van der Waals surface area (Å²) >= 11 is 11.3. The third kappa shape index (κ3) is 5.68. The van der Waals surface area contributed by atoms with Crippen LogP contribution in [-0.2, 0) is 17.8 Å². The molecule has 0 unspecified atom stereocenters. The van der Waals surface area contributed by atoms with E-state index in [2.05, 4.69) is 34.9 Å². The van der Waals surface area contributed by atoms with Crippen LogP contribution in [-0.4, -0.2) is 31.4 Å². The first-order valence-electron chi connectivity index (χ1n) is 8.49. The molecule has 1 aliphatic rings. The van der Waals surface area contributed by atoms with E-state index in [0.717, 1.165) is 38.5 Å². The third-order valence-corrected chi connectivity index (χ3v) is 4.80. The monoisotopic (exact) mass is 376 g/mol. The molecule has 1 heterocycles. The molecule has 1 fully saturated rings. The zero-order chi connectivity index (χ0) is 17.5. The first-order valence-corrected chi connectivity index (χ1v) is 9.28. The molecule has 0 radical (unpaired) electrons. The smallest absolute Gasteiger partial charge is 0.171 e. The molecule has 3 rings (SSSR count). The largest absolute Gasteiger partial charge is 0.370 e. The minimum Gasteiger partial charge on any atom is -0.370 e. The van der Waals surface area contributed by atoms with Crippen molar-refractivity contribution in [3.8, 4) is 0 Å². The topological polar surface area (TPSA) is 37.7 Å². The fourth-order valence-electron chi connectivity index (χ4n) is 2.89. The first kappa shape index (κ1) is 18.1. The Morgan fingerprint density at radius 2 is 1.72 bits per heavy atom. The highest BCUT2D eigenvalue weighted by Crippen LogP contribution is 2.13. The number of anilines is 1. The molecule has 2 aromatic rings. The SMILES string of the molecule is S=C(NCc1ccccc1C[NH+]1CCOCC1)Nc1ccc(Cl)cc1. The molecule has 1 saturated heterocycles. The maximum Gasteiger partial charge on any atom is 0.171 e. The second-order valence-electron chi connectivity index (χ2n) is 6.12. The number of nitrogens with one attached hydrogen (secondary N) is 3. The highest BCUT2D eigenvalue weighted by atomic mass is 35.5. The molecule has 25 heavy (non-hydrogen) atoms. The van der Waals surface area contributed by atoms with Crippen molar-refractivity contribution in [3.63, 3.8) is 0 Å². The average Bonchev–Trinajstić information content (AvgIpc) is 2.64. The molecule has 0 aromatic heterocycles. The molecule has 0 amide bonds. The standard InChI is InChI=1S/C19H22ClN3OS/c20-17-5-7-18(8-6-17)22-19(25)21-13-15-3-1-2-4-16(15)14-23-9-11-24-12-10-23/h1-8H,9-14H2,(H2,21,22,25)/p+1. The molecule has 2 aromatic carbocycles. The number of rotatable bonds is 5. The van der Waals surface area contributed by atoms with Crippen LogP contribution in [0.1, 0.15) is 11.1 Å². The first-order chi connectivity index (χ1) is 12.2. The van der Waals surface area contributed by atoms with Crippen LogP contribution < -0.4 is 15.5 Å². The van der Waals surface area contributed by atoms with Gasteiger partial charge in [-0.05, 0) is 42.0 Å². The second kappa shape index (κ2) is 9.15. The number of morpholine rings is 1. The van der Waals surface area contributed by atoms with Gasteiger partial charge < -0.3 is 20.3 Å². The number of thiocarbonyl (C=S) groups is 1. The molecule has 132 valence electrons. The number of halogens is 1. The number of benzene rings is 2. The maximum atomic E-state index is 5.90. The van der Waals surface area contributed by atoms with Crippen molar-refractivity contribution < 1.29 is 9.64 Å². The van der Waals surface area contributed by atoms with Crippen LogP contribution in [0.25, 0.3) is 0 Å². The molecule has 3 N–H and O–H groups in total. The minimum absolute atomic E-state index is 0.607. The van der Waals surface area contributed by atoms with Gasteiger partial charge in [0.25, 0.3) is 0 Å². The zero-order valence-electron chi connectivity index (χ0n) is 14.1. The van der Waals surface area contributed by atoms with Crippen molar-refractivity contribution in [2.75, 3.05) is 31.6 Å². The molecule has 0 aliphatic carbocycles. The van der Waals surface area contributed by atoms with Crippen LogP contribution in [0.2, 0.25) is 5.02 Å². The Labute approximate surface area is 159 Å². The van der Waals surface area contributed by atoms with Gasteiger partial charge in [0.1, 0.15) is 19.6 Å². The van der Waals surface area contributed by atoms with Gasteiger partial charge >= 0.3 is 0 Å². The zero-order valence-corrected chi connectivity index (χ0v) is 15.6. The number of hydrogen-bond donors (Lipinski definition) is 3. The van der Waals surface area contributed by atoms with Crippen LogP contribution in [0.15, 0.2) is 48.5 Å². The van der Waals surface area contributed by atoms with Crippen molar-refractivity contribution in [2.24, 2.45) is 0 Å². The molecule has 4 nitrogen and oxygen atoms in total. The van der Waals surface area contributed by atoms with E-state index in [4.69, 9.17) is 28.6 Å². The lowest BCUT2D eigenvalue weighted by atomic mass is 10.1. The summed E-state index contributed by atoms with van der Waals surface area (Å²) < 4.78 is 5.44. The molecule has 0 spiro atoms. The number of ether oxygens (including phenoxy) is 1. The van der Waals surface area contributed by atoms with Gasteiger partial charge in [-0.15, -0.1) is 0 Å². The lowest BCUT2D eigenvalue weighted by Gasteiger charge is -2.24. The van der Waals surface area contributed by atoms with Gasteiger partial charge in [0, 0.05) is 22.8 Å². The van der Waals surface area contributed by atoms with Gasteiger partial charge in [-0.1, -0.05) is 35.9 Å². The van der Waals surface area contributed by atoms with Crippen molar-refractivity contribution in [3.05, 3.63) is 64.7 Å².